The summed E-state index contributed by atoms with van der Waals surface area (Å²) < 4.78 is 0. The highest BCUT2D eigenvalue weighted by molar-refractivity contribution is 5.77. The maximum absolute atomic E-state index is 11.7. The maximum Gasteiger partial charge on any atom is 0.257 e. The van der Waals surface area contributed by atoms with Crippen LogP contribution in [0, 0.1) is 0 Å². The highest BCUT2D eigenvalue weighted by atomic mass is 16.6. The van der Waals surface area contributed by atoms with Crippen molar-refractivity contribution in [3.63, 3.8) is 0 Å². The molecule has 3 rings (SSSR count). The minimum atomic E-state index is -0.334. The average molecular weight is 437 g/mol. The van der Waals surface area contributed by atoms with Gasteiger partial charge in [-0.3, -0.25) is 29.4 Å². The number of carbonyl (C=O) groups is 2. The summed E-state index contributed by atoms with van der Waals surface area (Å²) in [6.45, 7) is 8.75. The normalized spacial score (nSPS) is 18.7. The fourth-order valence-electron chi connectivity index (χ4n) is 3.26. The van der Waals surface area contributed by atoms with Gasteiger partial charge in [-0.25, -0.2) is 11.0 Å². The predicted molar refractivity (Wildman–Crippen MR) is 117 cm³/mol. The molecular weight excluding hydrogens is 400 g/mol. The zero-order valence-electron chi connectivity index (χ0n) is 18.6. The Kier molecular flexibility index (Phi) is 11.4. The van der Waals surface area contributed by atoms with E-state index in [1.165, 1.54) is 0 Å². The molecule has 0 atom stereocenters. The Morgan fingerprint density at radius 2 is 1.32 bits per heavy atom. The van der Waals surface area contributed by atoms with Gasteiger partial charge in [0, 0.05) is 52.4 Å². The summed E-state index contributed by atoms with van der Waals surface area (Å²) in [5.41, 5.74) is 5.17. The molecule has 1 aromatic rings. The Hall–Kier alpha value is -2.08. The highest BCUT2D eigenvalue weighted by Crippen LogP contribution is 2.00. The first-order valence-electron chi connectivity index (χ1n) is 10.7. The zero-order valence-corrected chi connectivity index (χ0v) is 18.6. The topological polar surface area (TPSA) is 101 Å². The van der Waals surface area contributed by atoms with Crippen molar-refractivity contribution in [2.24, 2.45) is 0 Å². The predicted octanol–water partition coefficient (Wildman–Crippen LogP) is -0.779. The van der Waals surface area contributed by atoms with Crippen LogP contribution in [0.2, 0.25) is 0 Å². The first-order chi connectivity index (χ1) is 15.0. The molecule has 0 bridgehead atoms. The van der Waals surface area contributed by atoms with E-state index in [0.717, 1.165) is 57.9 Å². The fraction of sp³-hybridized carbons (Fsp3) is 0.619. The van der Waals surface area contributed by atoms with Crippen molar-refractivity contribution in [3.05, 3.63) is 35.9 Å². The molecule has 2 amide bonds. The van der Waals surface area contributed by atoms with Crippen LogP contribution in [0.5, 0.6) is 0 Å². The van der Waals surface area contributed by atoms with Crippen LogP contribution in [-0.4, -0.2) is 116 Å². The largest absolute Gasteiger partial charge is 0.304 e. The third-order valence-electron chi connectivity index (χ3n) is 5.32. The molecule has 3 N–H and O–H groups in total. The molecule has 0 saturated carbocycles. The van der Waals surface area contributed by atoms with E-state index in [0.29, 0.717) is 19.7 Å². The number of hydroxylamine groups is 2. The first-order valence-corrected chi connectivity index (χ1v) is 10.7. The Morgan fingerprint density at radius 1 is 0.839 bits per heavy atom. The van der Waals surface area contributed by atoms with E-state index in [2.05, 4.69) is 34.3 Å². The molecule has 0 unspecified atom stereocenters. The van der Waals surface area contributed by atoms with Gasteiger partial charge in [0.25, 0.3) is 11.8 Å². The number of carbonyl (C=O) groups excluding carboxylic acids is 2. The van der Waals surface area contributed by atoms with Crippen LogP contribution in [0.15, 0.2) is 30.3 Å². The molecular formula is C21H36N6O4. The molecule has 2 aliphatic heterocycles. The Labute approximate surface area is 184 Å². The second kappa shape index (κ2) is 14.1. The molecule has 0 radical (unpaired) electrons. The summed E-state index contributed by atoms with van der Waals surface area (Å²) in [5.74, 6) is -0.417. The summed E-state index contributed by atoms with van der Waals surface area (Å²) in [5, 5.41) is 8.28. The lowest BCUT2D eigenvalue weighted by Crippen LogP contribution is -2.48. The van der Waals surface area contributed by atoms with Gasteiger partial charge in [0.1, 0.15) is 0 Å². The van der Waals surface area contributed by atoms with Gasteiger partial charge in [-0.05, 0) is 19.7 Å². The second-order valence-corrected chi connectivity index (χ2v) is 7.99. The SMILES string of the molecule is CN1CCN(CC(=O)NO)CC1.CN1CCN(CC(=O)NOCc2ccccc2)CC1. The van der Waals surface area contributed by atoms with E-state index >= 15 is 0 Å². The Bertz CT molecular complexity index is 647. The van der Waals surface area contributed by atoms with Crippen molar-refractivity contribution in [1.82, 2.24) is 30.6 Å². The van der Waals surface area contributed by atoms with E-state index in [4.69, 9.17) is 10.0 Å². The monoisotopic (exact) mass is 436 g/mol. The van der Waals surface area contributed by atoms with Crippen LogP contribution >= 0.6 is 0 Å². The summed E-state index contributed by atoms with van der Waals surface area (Å²) in [7, 11) is 4.16. The number of hydrogen-bond acceptors (Lipinski definition) is 8. The number of amides is 2. The quantitative estimate of drug-likeness (QED) is 0.378. The van der Waals surface area contributed by atoms with Crippen molar-refractivity contribution in [1.29, 1.82) is 0 Å². The molecule has 0 aromatic heterocycles. The van der Waals surface area contributed by atoms with Gasteiger partial charge < -0.3 is 9.80 Å². The number of nitrogens with one attached hydrogen (secondary N) is 2. The second-order valence-electron chi connectivity index (χ2n) is 7.99. The van der Waals surface area contributed by atoms with Crippen molar-refractivity contribution in [2.75, 3.05) is 79.5 Å². The third-order valence-corrected chi connectivity index (χ3v) is 5.32. The molecule has 0 aliphatic carbocycles. The molecule has 2 heterocycles. The number of benzene rings is 1. The average Bonchev–Trinajstić information content (AvgIpc) is 2.78. The number of nitrogens with zero attached hydrogens (tertiary/aromatic N) is 4. The summed E-state index contributed by atoms with van der Waals surface area (Å²) in [4.78, 5) is 36.3. The van der Waals surface area contributed by atoms with Crippen molar-refractivity contribution >= 4 is 11.8 Å². The van der Waals surface area contributed by atoms with E-state index in [-0.39, 0.29) is 11.8 Å². The van der Waals surface area contributed by atoms with Crippen LogP contribution in [0.25, 0.3) is 0 Å². The lowest BCUT2D eigenvalue weighted by molar-refractivity contribution is -0.136. The minimum absolute atomic E-state index is 0.0829. The van der Waals surface area contributed by atoms with Crippen LogP contribution in [0.1, 0.15) is 5.56 Å². The van der Waals surface area contributed by atoms with Crippen molar-refractivity contribution < 1.29 is 19.6 Å². The highest BCUT2D eigenvalue weighted by Gasteiger charge is 2.17. The van der Waals surface area contributed by atoms with E-state index in [1.54, 1.807) is 5.48 Å². The lowest BCUT2D eigenvalue weighted by Gasteiger charge is -2.31. The smallest absolute Gasteiger partial charge is 0.257 e. The molecule has 2 aliphatic rings. The molecule has 1 aromatic carbocycles. The Morgan fingerprint density at radius 3 is 1.81 bits per heavy atom. The first kappa shape index (κ1) is 25.2. The summed E-state index contributed by atoms with van der Waals surface area (Å²) >= 11 is 0. The number of hydrogen-bond donors (Lipinski definition) is 3. The Balaban J connectivity index is 0.000000245. The van der Waals surface area contributed by atoms with Gasteiger partial charge in [0.15, 0.2) is 0 Å². The van der Waals surface area contributed by atoms with Gasteiger partial charge in [-0.1, -0.05) is 30.3 Å². The zero-order chi connectivity index (χ0) is 22.5. The summed E-state index contributed by atoms with van der Waals surface area (Å²) in [6, 6.07) is 9.78. The van der Waals surface area contributed by atoms with Crippen LogP contribution in [0.4, 0.5) is 0 Å². The molecule has 2 saturated heterocycles. The van der Waals surface area contributed by atoms with E-state index in [9.17, 15) is 9.59 Å². The molecule has 31 heavy (non-hydrogen) atoms. The van der Waals surface area contributed by atoms with Gasteiger partial charge >= 0.3 is 0 Å². The van der Waals surface area contributed by atoms with Gasteiger partial charge in [0.2, 0.25) is 0 Å². The molecule has 10 nitrogen and oxygen atoms in total. The number of piperazine rings is 2. The molecule has 0 spiro atoms. The summed E-state index contributed by atoms with van der Waals surface area (Å²) in [6.07, 6.45) is 0. The van der Waals surface area contributed by atoms with Crippen LogP contribution in [-0.2, 0) is 21.0 Å². The lowest BCUT2D eigenvalue weighted by atomic mass is 10.2. The molecule has 174 valence electrons. The van der Waals surface area contributed by atoms with Crippen LogP contribution < -0.4 is 11.0 Å². The number of rotatable bonds is 7. The van der Waals surface area contributed by atoms with Gasteiger partial charge in [0.05, 0.1) is 19.7 Å². The van der Waals surface area contributed by atoms with Gasteiger partial charge in [-0.15, -0.1) is 0 Å². The molecule has 10 heteroatoms. The standard InChI is InChI=1S/C14H21N3O2.C7H15N3O2/c1-16-7-9-17(10-8-16)11-14(18)15-19-12-13-5-3-2-4-6-13;1-9-2-4-10(5-3-9)6-7(11)8-12/h2-6H,7-12H2,1H3,(H,15,18);12H,2-6H2,1H3,(H,8,11). The van der Waals surface area contributed by atoms with Crippen molar-refractivity contribution in [3.8, 4) is 0 Å². The fourth-order valence-corrected chi connectivity index (χ4v) is 3.26. The maximum atomic E-state index is 11.7. The third kappa shape index (κ3) is 10.7. The van der Waals surface area contributed by atoms with Crippen molar-refractivity contribution in [2.45, 2.75) is 6.61 Å². The number of likely N-dealkylation sites (N-methyl/N-ethyl adjacent to an activating group) is 2. The van der Waals surface area contributed by atoms with Gasteiger partial charge in [-0.2, -0.15) is 0 Å². The molecule has 2 fully saturated rings. The van der Waals surface area contributed by atoms with E-state index < -0.39 is 0 Å². The van der Waals surface area contributed by atoms with E-state index in [1.807, 2.05) is 35.2 Å². The van der Waals surface area contributed by atoms with Crippen LogP contribution in [0.3, 0.4) is 0 Å². The minimum Gasteiger partial charge on any atom is -0.304 e.